The molecule has 3 aromatic rings. The molecule has 2 aliphatic rings. The van der Waals surface area contributed by atoms with Crippen molar-refractivity contribution in [2.24, 2.45) is 0 Å². The van der Waals surface area contributed by atoms with Crippen molar-refractivity contribution in [3.63, 3.8) is 0 Å². The Balaban J connectivity index is 1.57. The van der Waals surface area contributed by atoms with Crippen LogP contribution in [0.25, 0.3) is 11.1 Å². The molecule has 5 rings (SSSR count). The van der Waals surface area contributed by atoms with Gasteiger partial charge in [-0.1, -0.05) is 12.1 Å². The highest BCUT2D eigenvalue weighted by molar-refractivity contribution is 5.94. The fourth-order valence-electron chi connectivity index (χ4n) is 4.96. The molecule has 8 heteroatoms. The van der Waals surface area contributed by atoms with E-state index in [-0.39, 0.29) is 17.8 Å². The van der Waals surface area contributed by atoms with Gasteiger partial charge in [0.15, 0.2) is 5.69 Å². The number of aromatic nitrogens is 4. The molecule has 1 saturated heterocycles. The number of carbonyl (C=O) groups excluding carboxylic acids is 1. The summed E-state index contributed by atoms with van der Waals surface area (Å²) in [7, 11) is 3.80. The molecule has 2 aromatic heterocycles. The van der Waals surface area contributed by atoms with E-state index < -0.39 is 0 Å². The maximum absolute atomic E-state index is 13.8. The molecular weight excluding hydrogens is 419 g/mol. The second-order valence-corrected chi connectivity index (χ2v) is 9.12. The number of aryl methyl sites for hydroxylation is 1. The molecule has 1 aromatic carbocycles. The third kappa shape index (κ3) is 4.10. The molecule has 1 atom stereocenters. The molecule has 0 bridgehead atoms. The summed E-state index contributed by atoms with van der Waals surface area (Å²) in [5.74, 6) is 0.268. The smallest absolute Gasteiger partial charge is 0.275 e. The Bertz CT molecular complexity index is 1160. The van der Waals surface area contributed by atoms with E-state index in [1.807, 2.05) is 23.9 Å². The van der Waals surface area contributed by atoms with E-state index in [0.717, 1.165) is 73.0 Å². The summed E-state index contributed by atoms with van der Waals surface area (Å²) in [5.41, 5.74) is 5.20. The monoisotopic (exact) mass is 448 g/mol. The maximum Gasteiger partial charge on any atom is 0.275 e. The van der Waals surface area contributed by atoms with Crippen molar-refractivity contribution in [2.45, 2.75) is 51.0 Å². The number of anilines is 1. The Hall–Kier alpha value is -3.29. The summed E-state index contributed by atoms with van der Waals surface area (Å²) >= 11 is 0. The fourth-order valence-corrected chi connectivity index (χ4v) is 4.96. The predicted molar refractivity (Wildman–Crippen MR) is 125 cm³/mol. The van der Waals surface area contributed by atoms with E-state index in [9.17, 15) is 9.18 Å². The summed E-state index contributed by atoms with van der Waals surface area (Å²) in [6.07, 6.45) is 8.63. The van der Waals surface area contributed by atoms with Crippen molar-refractivity contribution < 1.29 is 9.18 Å². The number of H-pyrrole nitrogens is 1. The third-order valence-electron chi connectivity index (χ3n) is 6.70. The van der Waals surface area contributed by atoms with Crippen LogP contribution in [0.15, 0.2) is 30.5 Å². The van der Waals surface area contributed by atoms with Gasteiger partial charge < -0.3 is 9.80 Å². The van der Waals surface area contributed by atoms with Crippen molar-refractivity contribution in [1.82, 2.24) is 25.1 Å². The summed E-state index contributed by atoms with van der Waals surface area (Å²) < 4.78 is 13.6. The number of benzene rings is 1. The van der Waals surface area contributed by atoms with Crippen LogP contribution in [-0.2, 0) is 12.8 Å². The zero-order valence-corrected chi connectivity index (χ0v) is 19.1. The number of hydrogen-bond donors (Lipinski definition) is 1. The molecule has 1 fully saturated rings. The number of halogens is 1. The van der Waals surface area contributed by atoms with Gasteiger partial charge in [0.05, 0.1) is 11.7 Å². The van der Waals surface area contributed by atoms with E-state index in [1.165, 1.54) is 12.1 Å². The molecular formula is C25H29FN6O. The van der Waals surface area contributed by atoms with Crippen LogP contribution >= 0.6 is 0 Å². The fraction of sp³-hybridized carbons (Fsp3) is 0.440. The average Bonchev–Trinajstić information content (AvgIpc) is 3.28. The van der Waals surface area contributed by atoms with E-state index in [4.69, 9.17) is 4.98 Å². The van der Waals surface area contributed by atoms with Crippen molar-refractivity contribution in [1.29, 1.82) is 0 Å². The van der Waals surface area contributed by atoms with Gasteiger partial charge in [0.2, 0.25) is 5.95 Å². The van der Waals surface area contributed by atoms with Crippen LogP contribution in [0.3, 0.4) is 0 Å². The Morgan fingerprint density at radius 1 is 1.12 bits per heavy atom. The number of carbonyl (C=O) groups is 1. The van der Waals surface area contributed by atoms with Gasteiger partial charge in [-0.2, -0.15) is 5.10 Å². The first kappa shape index (κ1) is 21.6. The van der Waals surface area contributed by atoms with Crippen LogP contribution in [0.4, 0.5) is 10.3 Å². The molecule has 3 heterocycles. The predicted octanol–water partition coefficient (Wildman–Crippen LogP) is 4.32. The number of rotatable bonds is 4. The van der Waals surface area contributed by atoms with Gasteiger partial charge in [0, 0.05) is 43.7 Å². The topological polar surface area (TPSA) is 78.0 Å². The van der Waals surface area contributed by atoms with Gasteiger partial charge in [0.1, 0.15) is 5.82 Å². The molecule has 1 N–H and O–H groups in total. The summed E-state index contributed by atoms with van der Waals surface area (Å²) in [5, 5.41) is 7.54. The number of amides is 1. The highest BCUT2D eigenvalue weighted by atomic mass is 19.1. The number of likely N-dealkylation sites (tertiary alicyclic amines) is 1. The Morgan fingerprint density at radius 3 is 2.70 bits per heavy atom. The largest absolute Gasteiger partial charge is 0.347 e. The molecule has 0 radical (unpaired) electrons. The van der Waals surface area contributed by atoms with Gasteiger partial charge in [0.25, 0.3) is 5.91 Å². The quantitative estimate of drug-likeness (QED) is 0.643. The number of nitrogens with zero attached hydrogens (tertiary/aromatic N) is 5. The Labute approximate surface area is 193 Å². The van der Waals surface area contributed by atoms with Crippen LogP contribution in [-0.4, -0.2) is 51.6 Å². The molecule has 0 spiro atoms. The van der Waals surface area contributed by atoms with E-state index in [1.54, 1.807) is 18.3 Å². The highest BCUT2D eigenvalue weighted by Crippen LogP contribution is 2.37. The molecule has 1 amide bonds. The zero-order valence-electron chi connectivity index (χ0n) is 19.1. The number of hydrogen-bond acceptors (Lipinski definition) is 5. The normalized spacial score (nSPS) is 18.2. The lowest BCUT2D eigenvalue weighted by molar-refractivity contribution is 0.0599. The molecule has 1 aliphatic heterocycles. The van der Waals surface area contributed by atoms with Crippen molar-refractivity contribution in [3.8, 4) is 11.1 Å². The van der Waals surface area contributed by atoms with Gasteiger partial charge in [-0.05, 0) is 62.6 Å². The Kier molecular flexibility index (Phi) is 5.83. The molecule has 7 nitrogen and oxygen atoms in total. The summed E-state index contributed by atoms with van der Waals surface area (Å²) in [6, 6.07) is 6.18. The van der Waals surface area contributed by atoms with Crippen LogP contribution in [0.5, 0.6) is 0 Å². The maximum atomic E-state index is 13.8. The van der Waals surface area contributed by atoms with Gasteiger partial charge in [-0.25, -0.2) is 14.4 Å². The SMILES string of the molecule is CN(C)c1ncc(-c2ccc(F)cc2)c([C@@H]2CCCCN2C(=O)c2n[nH]c3c2CCCC3)n1. The molecule has 33 heavy (non-hydrogen) atoms. The number of fused-ring (bicyclic) bond motifs is 1. The minimum absolute atomic E-state index is 0.0332. The van der Waals surface area contributed by atoms with Crippen molar-refractivity contribution in [3.05, 3.63) is 58.9 Å². The standard InChI is InChI=1S/C25H29FN6O/c1-31(2)25-27-15-19(16-10-12-17(26)13-11-16)22(28-25)21-9-5-6-14-32(21)24(33)23-18-7-3-4-8-20(18)29-30-23/h10-13,15,21H,3-9,14H2,1-2H3,(H,29,30)/t21-/m0/s1. The van der Waals surface area contributed by atoms with Gasteiger partial charge >= 0.3 is 0 Å². The number of aromatic amines is 1. The van der Waals surface area contributed by atoms with E-state index >= 15 is 0 Å². The van der Waals surface area contributed by atoms with Gasteiger partial charge in [-0.3, -0.25) is 9.89 Å². The van der Waals surface area contributed by atoms with Gasteiger partial charge in [-0.15, -0.1) is 0 Å². The van der Waals surface area contributed by atoms with Crippen molar-refractivity contribution in [2.75, 3.05) is 25.5 Å². The first-order chi connectivity index (χ1) is 16.0. The second-order valence-electron chi connectivity index (χ2n) is 9.12. The molecule has 0 unspecified atom stereocenters. The Morgan fingerprint density at radius 2 is 1.91 bits per heavy atom. The number of nitrogens with one attached hydrogen (secondary N) is 1. The zero-order chi connectivity index (χ0) is 22.9. The van der Waals surface area contributed by atoms with Crippen LogP contribution in [0.1, 0.15) is 65.6 Å². The first-order valence-corrected chi connectivity index (χ1v) is 11.7. The van der Waals surface area contributed by atoms with Crippen LogP contribution < -0.4 is 4.90 Å². The molecule has 1 aliphatic carbocycles. The average molecular weight is 449 g/mol. The summed E-state index contributed by atoms with van der Waals surface area (Å²) in [6.45, 7) is 0.662. The van der Waals surface area contributed by atoms with Crippen LogP contribution in [0, 0.1) is 5.82 Å². The van der Waals surface area contributed by atoms with E-state index in [0.29, 0.717) is 18.2 Å². The minimum atomic E-state index is -0.288. The highest BCUT2D eigenvalue weighted by Gasteiger charge is 2.35. The molecule has 0 saturated carbocycles. The second kappa shape index (κ2) is 8.92. The lowest BCUT2D eigenvalue weighted by Crippen LogP contribution is -2.40. The minimum Gasteiger partial charge on any atom is -0.347 e. The lowest BCUT2D eigenvalue weighted by Gasteiger charge is -2.36. The summed E-state index contributed by atoms with van der Waals surface area (Å²) in [4.78, 5) is 27.0. The first-order valence-electron chi connectivity index (χ1n) is 11.7. The van der Waals surface area contributed by atoms with Crippen LogP contribution in [0.2, 0.25) is 0 Å². The van der Waals surface area contributed by atoms with Crippen molar-refractivity contribution >= 4 is 11.9 Å². The third-order valence-corrected chi connectivity index (χ3v) is 6.70. The molecule has 172 valence electrons. The lowest BCUT2D eigenvalue weighted by atomic mass is 9.92. The number of piperidine rings is 1. The van der Waals surface area contributed by atoms with E-state index in [2.05, 4.69) is 15.2 Å².